The van der Waals surface area contributed by atoms with E-state index in [2.05, 4.69) is 0 Å². The average molecular weight is 132 g/mol. The molecular formula is C4H12CaO2. The van der Waals surface area contributed by atoms with Crippen LogP contribution >= 0.6 is 0 Å². The van der Waals surface area contributed by atoms with E-state index in [0.717, 1.165) is 0 Å². The third kappa shape index (κ3) is 11.0. The summed E-state index contributed by atoms with van der Waals surface area (Å²) < 4.78 is 4.73. The largest absolute Gasteiger partial charge is 2.00 e. The average Bonchev–Trinajstić information content (AvgIpc) is 1.61. The summed E-state index contributed by atoms with van der Waals surface area (Å²) in [6.45, 7) is 3.20. The molecule has 0 rings (SSSR count). The van der Waals surface area contributed by atoms with E-state index < -0.39 is 0 Å². The quantitative estimate of drug-likeness (QED) is 0.428. The molecule has 0 aliphatic rings. The minimum absolute atomic E-state index is 0. The van der Waals surface area contributed by atoms with Crippen molar-refractivity contribution in [3.8, 4) is 0 Å². The van der Waals surface area contributed by atoms with Gasteiger partial charge in [-0.1, -0.05) is 0 Å². The standard InChI is InChI=1S/C4H10O2.Ca.2H/c1-2-6-4-3-5;;;/h5H,2-4H2,1H3;;;/q;+2;2*-1. The van der Waals surface area contributed by atoms with Crippen molar-refractivity contribution in [3.63, 3.8) is 0 Å². The Kier molecular flexibility index (Phi) is 16.1. The van der Waals surface area contributed by atoms with E-state index in [0.29, 0.717) is 13.2 Å². The maximum absolute atomic E-state index is 8.07. The van der Waals surface area contributed by atoms with Gasteiger partial charge in [-0.25, -0.2) is 0 Å². The molecule has 3 heteroatoms. The number of ether oxygens (including phenoxy) is 1. The van der Waals surface area contributed by atoms with Crippen molar-refractivity contribution < 1.29 is 12.7 Å². The Hall–Kier alpha value is 1.18. The van der Waals surface area contributed by atoms with E-state index in [1.165, 1.54) is 0 Å². The van der Waals surface area contributed by atoms with Gasteiger partial charge in [0.05, 0.1) is 13.2 Å². The topological polar surface area (TPSA) is 29.5 Å². The van der Waals surface area contributed by atoms with Crippen LogP contribution in [0.2, 0.25) is 0 Å². The normalized spacial score (nSPS) is 7.71. The van der Waals surface area contributed by atoms with Gasteiger partial charge in [-0.3, -0.25) is 0 Å². The third-order valence-electron chi connectivity index (χ3n) is 0.440. The molecule has 0 heterocycles. The second-order valence-electron chi connectivity index (χ2n) is 0.921. The van der Waals surface area contributed by atoms with Crippen LogP contribution in [-0.2, 0) is 4.74 Å². The van der Waals surface area contributed by atoms with Crippen molar-refractivity contribution in [1.29, 1.82) is 0 Å². The van der Waals surface area contributed by atoms with Gasteiger partial charge < -0.3 is 12.7 Å². The molecule has 0 radical (unpaired) electrons. The summed E-state index contributed by atoms with van der Waals surface area (Å²) in [5.74, 6) is 0. The summed E-state index contributed by atoms with van der Waals surface area (Å²) in [5, 5.41) is 8.07. The zero-order chi connectivity index (χ0) is 4.83. The van der Waals surface area contributed by atoms with Gasteiger partial charge in [-0.15, -0.1) is 0 Å². The van der Waals surface area contributed by atoms with E-state index in [9.17, 15) is 0 Å². The Morgan fingerprint density at radius 1 is 1.71 bits per heavy atom. The fourth-order valence-electron chi connectivity index (χ4n) is 0.209. The molecule has 2 nitrogen and oxygen atoms in total. The molecule has 42 valence electrons. The first-order chi connectivity index (χ1) is 2.91. The molecule has 7 heavy (non-hydrogen) atoms. The van der Waals surface area contributed by atoms with E-state index in [4.69, 9.17) is 9.84 Å². The zero-order valence-corrected chi connectivity index (χ0v) is 6.89. The molecule has 0 amide bonds. The van der Waals surface area contributed by atoms with Crippen molar-refractivity contribution in [2.24, 2.45) is 0 Å². The summed E-state index contributed by atoms with van der Waals surface area (Å²) in [4.78, 5) is 0. The molecule has 0 fully saturated rings. The van der Waals surface area contributed by atoms with Crippen LogP contribution < -0.4 is 0 Å². The van der Waals surface area contributed by atoms with E-state index in [1.54, 1.807) is 0 Å². The fourth-order valence-corrected chi connectivity index (χ4v) is 0.209. The van der Waals surface area contributed by atoms with Gasteiger partial charge in [0.15, 0.2) is 0 Å². The van der Waals surface area contributed by atoms with Crippen molar-refractivity contribution >= 4 is 37.7 Å². The third-order valence-corrected chi connectivity index (χ3v) is 0.440. The van der Waals surface area contributed by atoms with Gasteiger partial charge in [0.1, 0.15) is 0 Å². The summed E-state index contributed by atoms with van der Waals surface area (Å²) in [7, 11) is 0. The van der Waals surface area contributed by atoms with Gasteiger partial charge in [-0.2, -0.15) is 0 Å². The van der Waals surface area contributed by atoms with Crippen molar-refractivity contribution in [3.05, 3.63) is 0 Å². The summed E-state index contributed by atoms with van der Waals surface area (Å²) in [6.07, 6.45) is 0. The Morgan fingerprint density at radius 3 is 2.43 bits per heavy atom. The molecule has 0 atom stereocenters. The zero-order valence-electron chi connectivity index (χ0n) is 6.68. The summed E-state index contributed by atoms with van der Waals surface area (Å²) in [5.41, 5.74) is 0. The van der Waals surface area contributed by atoms with E-state index in [1.807, 2.05) is 6.92 Å². The minimum atomic E-state index is 0. The molecular weight excluding hydrogens is 120 g/mol. The van der Waals surface area contributed by atoms with Gasteiger partial charge in [0, 0.05) is 6.61 Å². The molecule has 0 aliphatic carbocycles. The van der Waals surface area contributed by atoms with Crippen molar-refractivity contribution in [2.45, 2.75) is 6.92 Å². The molecule has 0 saturated carbocycles. The molecule has 0 aliphatic heterocycles. The van der Waals surface area contributed by atoms with Gasteiger partial charge >= 0.3 is 37.7 Å². The molecule has 0 unspecified atom stereocenters. The van der Waals surface area contributed by atoms with E-state index >= 15 is 0 Å². The summed E-state index contributed by atoms with van der Waals surface area (Å²) >= 11 is 0. The van der Waals surface area contributed by atoms with Crippen LogP contribution in [0.25, 0.3) is 0 Å². The molecule has 1 N–H and O–H groups in total. The predicted octanol–water partition coefficient (Wildman–Crippen LogP) is -0.141. The van der Waals surface area contributed by atoms with Crippen LogP contribution in [-0.4, -0.2) is 62.7 Å². The number of hydrogen-bond acceptors (Lipinski definition) is 2. The van der Waals surface area contributed by atoms with Gasteiger partial charge in [-0.05, 0) is 6.92 Å². The monoisotopic (exact) mass is 132 g/mol. The Balaban J connectivity index is -0.0000000417. The van der Waals surface area contributed by atoms with Crippen LogP contribution in [0, 0.1) is 0 Å². The molecule has 0 aromatic heterocycles. The number of aliphatic hydroxyl groups is 1. The van der Waals surface area contributed by atoms with Crippen LogP contribution in [0.5, 0.6) is 0 Å². The second kappa shape index (κ2) is 10.2. The number of aliphatic hydroxyl groups excluding tert-OH is 1. The van der Waals surface area contributed by atoms with Crippen LogP contribution in [0.1, 0.15) is 9.78 Å². The Labute approximate surface area is 76.8 Å². The van der Waals surface area contributed by atoms with Crippen molar-refractivity contribution in [1.82, 2.24) is 0 Å². The minimum Gasteiger partial charge on any atom is -1.00 e. The van der Waals surface area contributed by atoms with Gasteiger partial charge in [0.2, 0.25) is 0 Å². The number of hydrogen-bond donors (Lipinski definition) is 1. The Morgan fingerprint density at radius 2 is 2.29 bits per heavy atom. The van der Waals surface area contributed by atoms with Crippen LogP contribution in [0.15, 0.2) is 0 Å². The fraction of sp³-hybridized carbons (Fsp3) is 1.00. The SMILES string of the molecule is CCOCCO.[Ca+2].[H-].[H-]. The van der Waals surface area contributed by atoms with Gasteiger partial charge in [0.25, 0.3) is 0 Å². The molecule has 0 aromatic carbocycles. The van der Waals surface area contributed by atoms with Crippen molar-refractivity contribution in [2.75, 3.05) is 19.8 Å². The molecule has 0 saturated heterocycles. The first-order valence-electron chi connectivity index (χ1n) is 2.10. The maximum Gasteiger partial charge on any atom is 2.00 e. The van der Waals surface area contributed by atoms with E-state index in [-0.39, 0.29) is 47.2 Å². The second-order valence-corrected chi connectivity index (χ2v) is 0.921. The first kappa shape index (κ1) is 11.0. The Bertz CT molecular complexity index is 28.5. The molecule has 0 bridgehead atoms. The number of rotatable bonds is 3. The predicted molar refractivity (Wildman–Crippen MR) is 31.6 cm³/mol. The van der Waals surface area contributed by atoms with Crippen LogP contribution in [0.3, 0.4) is 0 Å². The van der Waals surface area contributed by atoms with Crippen LogP contribution in [0.4, 0.5) is 0 Å². The molecule has 0 aromatic rings. The maximum atomic E-state index is 8.07. The smallest absolute Gasteiger partial charge is 1.00 e. The summed E-state index contributed by atoms with van der Waals surface area (Å²) in [6, 6.07) is 0. The first-order valence-corrected chi connectivity index (χ1v) is 2.10. The molecule has 0 spiro atoms.